The lowest BCUT2D eigenvalue weighted by Crippen LogP contribution is -2.24. The predicted octanol–water partition coefficient (Wildman–Crippen LogP) is 4.29. The van der Waals surface area contributed by atoms with E-state index < -0.39 is 0 Å². The summed E-state index contributed by atoms with van der Waals surface area (Å²) in [6, 6.07) is 8.90. The average Bonchev–Trinajstić information content (AvgIpc) is 2.22. The molecule has 0 saturated heterocycles. The van der Waals surface area contributed by atoms with Crippen LogP contribution in [0.2, 0.25) is 0 Å². The van der Waals surface area contributed by atoms with Crippen LogP contribution < -0.4 is 5.32 Å². The number of nitrogens with one attached hydrogen (secondary N) is 1. The zero-order valence-corrected chi connectivity index (χ0v) is 11.5. The van der Waals surface area contributed by atoms with E-state index in [2.05, 4.69) is 52.4 Å². The van der Waals surface area contributed by atoms with E-state index in [-0.39, 0.29) is 0 Å². The molecular formula is C14H20BrN. The van der Waals surface area contributed by atoms with Crippen LogP contribution in [0, 0.1) is 5.92 Å². The van der Waals surface area contributed by atoms with Gasteiger partial charge in [-0.2, -0.15) is 0 Å². The van der Waals surface area contributed by atoms with Gasteiger partial charge in [0, 0.05) is 10.5 Å². The molecule has 1 aromatic rings. The summed E-state index contributed by atoms with van der Waals surface area (Å²) in [6.45, 7) is 3.38. The van der Waals surface area contributed by atoms with Crippen LogP contribution in [0.3, 0.4) is 0 Å². The summed E-state index contributed by atoms with van der Waals surface area (Å²) in [4.78, 5) is 0. The molecule has 16 heavy (non-hydrogen) atoms. The van der Waals surface area contributed by atoms with Crippen LogP contribution in [0.5, 0.6) is 0 Å². The Balaban J connectivity index is 1.78. The second-order valence-electron chi connectivity index (χ2n) is 4.78. The third-order valence-corrected chi connectivity index (χ3v) is 4.32. The highest BCUT2D eigenvalue weighted by Crippen LogP contribution is 2.29. The van der Waals surface area contributed by atoms with Gasteiger partial charge in [-0.3, -0.25) is 0 Å². The number of hydrogen-bond acceptors (Lipinski definition) is 1. The molecule has 1 saturated carbocycles. The maximum absolute atomic E-state index is 3.61. The molecule has 0 radical (unpaired) electrons. The van der Waals surface area contributed by atoms with Gasteiger partial charge in [-0.05, 0) is 37.4 Å². The van der Waals surface area contributed by atoms with Crippen molar-refractivity contribution in [3.63, 3.8) is 0 Å². The smallest absolute Gasteiger partial charge is 0.0302 e. The minimum Gasteiger partial charge on any atom is -0.310 e. The standard InChI is InChI=1S/C14H20BrN/c1-11(13-7-2-3-8-14(13)15)16-10-9-12-5-4-6-12/h2-3,7-8,11-12,16H,4-6,9-10H2,1H3. The van der Waals surface area contributed by atoms with Crippen molar-refractivity contribution in [2.24, 2.45) is 5.92 Å². The van der Waals surface area contributed by atoms with Gasteiger partial charge in [0.25, 0.3) is 0 Å². The average molecular weight is 282 g/mol. The van der Waals surface area contributed by atoms with Crippen molar-refractivity contribution in [3.8, 4) is 0 Å². The van der Waals surface area contributed by atoms with Gasteiger partial charge in [-0.25, -0.2) is 0 Å². The van der Waals surface area contributed by atoms with Crippen LogP contribution >= 0.6 is 15.9 Å². The zero-order valence-electron chi connectivity index (χ0n) is 9.88. The molecule has 0 spiro atoms. The molecule has 1 N–H and O–H groups in total. The summed E-state index contributed by atoms with van der Waals surface area (Å²) >= 11 is 3.60. The van der Waals surface area contributed by atoms with Crippen LogP contribution in [0.15, 0.2) is 28.7 Å². The number of rotatable bonds is 5. The summed E-state index contributed by atoms with van der Waals surface area (Å²) in [5.74, 6) is 0.999. The number of hydrogen-bond donors (Lipinski definition) is 1. The van der Waals surface area contributed by atoms with E-state index in [1.807, 2.05) is 0 Å². The lowest BCUT2D eigenvalue weighted by Gasteiger charge is -2.26. The van der Waals surface area contributed by atoms with Gasteiger partial charge in [0.1, 0.15) is 0 Å². The van der Waals surface area contributed by atoms with Crippen molar-refractivity contribution in [1.29, 1.82) is 0 Å². The van der Waals surface area contributed by atoms with E-state index in [0.717, 1.165) is 12.5 Å². The van der Waals surface area contributed by atoms with Crippen molar-refractivity contribution < 1.29 is 0 Å². The first-order chi connectivity index (χ1) is 7.77. The molecule has 1 fully saturated rings. The monoisotopic (exact) mass is 281 g/mol. The zero-order chi connectivity index (χ0) is 11.4. The van der Waals surface area contributed by atoms with Gasteiger partial charge in [0.15, 0.2) is 0 Å². The van der Waals surface area contributed by atoms with Crippen molar-refractivity contribution in [2.75, 3.05) is 6.54 Å². The third kappa shape index (κ3) is 3.08. The van der Waals surface area contributed by atoms with Crippen LogP contribution in [-0.4, -0.2) is 6.54 Å². The van der Waals surface area contributed by atoms with Gasteiger partial charge in [0.2, 0.25) is 0 Å². The van der Waals surface area contributed by atoms with Crippen molar-refractivity contribution in [3.05, 3.63) is 34.3 Å². The van der Waals surface area contributed by atoms with E-state index in [1.54, 1.807) is 0 Å². The number of benzene rings is 1. The maximum Gasteiger partial charge on any atom is 0.0302 e. The van der Waals surface area contributed by atoms with Crippen LogP contribution in [0.1, 0.15) is 44.2 Å². The Labute approximate surface area is 107 Å². The van der Waals surface area contributed by atoms with Gasteiger partial charge in [0.05, 0.1) is 0 Å². The Kier molecular flexibility index (Phi) is 4.42. The fourth-order valence-electron chi connectivity index (χ4n) is 2.22. The molecule has 0 bridgehead atoms. The minimum atomic E-state index is 0.440. The minimum absolute atomic E-state index is 0.440. The molecular weight excluding hydrogens is 262 g/mol. The summed E-state index contributed by atoms with van der Waals surface area (Å²) in [5, 5.41) is 3.61. The first kappa shape index (κ1) is 12.1. The predicted molar refractivity (Wildman–Crippen MR) is 72.5 cm³/mol. The lowest BCUT2D eigenvalue weighted by atomic mass is 9.83. The molecule has 1 atom stereocenters. The summed E-state index contributed by atoms with van der Waals surface area (Å²) in [6.07, 6.45) is 5.69. The summed E-state index contributed by atoms with van der Waals surface area (Å²) in [5.41, 5.74) is 1.36. The molecule has 1 aromatic carbocycles. The highest BCUT2D eigenvalue weighted by Gasteiger charge is 2.17. The number of halogens is 1. The van der Waals surface area contributed by atoms with E-state index in [0.29, 0.717) is 6.04 Å². The van der Waals surface area contributed by atoms with Crippen molar-refractivity contribution in [1.82, 2.24) is 5.32 Å². The quantitative estimate of drug-likeness (QED) is 0.849. The Hall–Kier alpha value is -0.340. The molecule has 2 heteroatoms. The molecule has 1 aliphatic rings. The SMILES string of the molecule is CC(NCCC1CCC1)c1ccccc1Br. The summed E-state index contributed by atoms with van der Waals surface area (Å²) in [7, 11) is 0. The lowest BCUT2D eigenvalue weighted by molar-refractivity contribution is 0.288. The fourth-order valence-corrected chi connectivity index (χ4v) is 2.85. The van der Waals surface area contributed by atoms with Crippen molar-refractivity contribution >= 4 is 15.9 Å². The molecule has 2 rings (SSSR count). The molecule has 1 unspecified atom stereocenters. The Morgan fingerprint density at radius 3 is 2.75 bits per heavy atom. The second kappa shape index (κ2) is 5.83. The van der Waals surface area contributed by atoms with Crippen LogP contribution in [0.4, 0.5) is 0 Å². The Morgan fingerprint density at radius 1 is 1.38 bits per heavy atom. The van der Waals surface area contributed by atoms with Crippen molar-refractivity contribution in [2.45, 2.75) is 38.6 Å². The third-order valence-electron chi connectivity index (χ3n) is 3.60. The van der Waals surface area contributed by atoms with E-state index in [4.69, 9.17) is 0 Å². The fraction of sp³-hybridized carbons (Fsp3) is 0.571. The molecule has 0 amide bonds. The van der Waals surface area contributed by atoms with E-state index in [9.17, 15) is 0 Å². The molecule has 0 aromatic heterocycles. The summed E-state index contributed by atoms with van der Waals surface area (Å²) < 4.78 is 1.21. The van der Waals surface area contributed by atoms with Gasteiger partial charge >= 0.3 is 0 Å². The topological polar surface area (TPSA) is 12.0 Å². The Morgan fingerprint density at radius 2 is 2.12 bits per heavy atom. The first-order valence-corrected chi connectivity index (χ1v) is 7.04. The molecule has 88 valence electrons. The molecule has 0 aliphatic heterocycles. The molecule has 1 nitrogen and oxygen atoms in total. The highest BCUT2D eigenvalue weighted by molar-refractivity contribution is 9.10. The molecule has 1 aliphatic carbocycles. The highest BCUT2D eigenvalue weighted by atomic mass is 79.9. The maximum atomic E-state index is 3.61. The Bertz CT molecular complexity index is 333. The molecule has 0 heterocycles. The van der Waals surface area contributed by atoms with Crippen LogP contribution in [0.25, 0.3) is 0 Å². The second-order valence-corrected chi connectivity index (χ2v) is 5.64. The first-order valence-electron chi connectivity index (χ1n) is 6.25. The van der Waals surface area contributed by atoms with Gasteiger partial charge in [-0.1, -0.05) is 53.4 Å². The van der Waals surface area contributed by atoms with Gasteiger partial charge < -0.3 is 5.32 Å². The largest absolute Gasteiger partial charge is 0.310 e. The van der Waals surface area contributed by atoms with E-state index in [1.165, 1.54) is 35.7 Å². The normalized spacial score (nSPS) is 18.1. The van der Waals surface area contributed by atoms with Gasteiger partial charge in [-0.15, -0.1) is 0 Å². The van der Waals surface area contributed by atoms with Crippen LogP contribution in [-0.2, 0) is 0 Å². The van der Waals surface area contributed by atoms with E-state index >= 15 is 0 Å².